The minimum Gasteiger partial charge on any atom is -0.481 e. The van der Waals surface area contributed by atoms with Crippen LogP contribution >= 0.6 is 0 Å². The molecule has 4 aliphatic rings. The van der Waals surface area contributed by atoms with Crippen LogP contribution in [-0.4, -0.2) is 114 Å². The largest absolute Gasteiger partial charge is 0.481 e. The summed E-state index contributed by atoms with van der Waals surface area (Å²) in [4.78, 5) is 28.0. The Labute approximate surface area is 316 Å². The number of halogens is 4. The second kappa shape index (κ2) is 14.4. The summed E-state index contributed by atoms with van der Waals surface area (Å²) < 4.78 is 73.6. The summed E-state index contributed by atoms with van der Waals surface area (Å²) in [5.41, 5.74) is 9.95. The number of aryl methyl sites for hydroxylation is 1. The lowest BCUT2D eigenvalue weighted by Gasteiger charge is -2.54. The zero-order chi connectivity index (χ0) is 38.6. The molecule has 0 bridgehead atoms. The number of methoxy groups -OCH3 is 1. The van der Waals surface area contributed by atoms with Gasteiger partial charge in [0.1, 0.15) is 17.4 Å². The molecule has 1 spiro atoms. The number of ether oxygens (including phenoxy) is 3. The smallest absolute Gasteiger partial charge is 0.422 e. The number of hydrogen-bond donors (Lipinski definition) is 2. The van der Waals surface area contributed by atoms with Crippen LogP contribution in [0.4, 0.5) is 29.2 Å². The first-order valence-electron chi connectivity index (χ1n) is 18.9. The maximum atomic E-state index is 14.1. The minimum atomic E-state index is -4.63. The molecule has 16 heteroatoms. The highest BCUT2D eigenvalue weighted by Gasteiger charge is 2.47. The van der Waals surface area contributed by atoms with E-state index in [9.17, 15) is 22.4 Å². The van der Waals surface area contributed by atoms with E-state index in [0.717, 1.165) is 56.4 Å². The Hall–Kier alpha value is -4.70. The number of H-pyrrole nitrogens is 1. The van der Waals surface area contributed by atoms with Crippen molar-refractivity contribution in [1.82, 2.24) is 30.0 Å². The van der Waals surface area contributed by atoms with E-state index >= 15 is 0 Å². The van der Waals surface area contributed by atoms with Crippen LogP contribution in [0.5, 0.6) is 11.8 Å². The molecule has 0 radical (unpaired) electrons. The van der Waals surface area contributed by atoms with Crippen molar-refractivity contribution in [3.8, 4) is 22.9 Å². The van der Waals surface area contributed by atoms with Crippen molar-refractivity contribution in [2.75, 3.05) is 76.8 Å². The number of carbonyl (C=O) groups excluding carboxylic acids is 1. The van der Waals surface area contributed by atoms with Gasteiger partial charge in [-0.15, -0.1) is 0 Å². The molecule has 2 aromatic heterocycles. The van der Waals surface area contributed by atoms with Crippen molar-refractivity contribution in [2.24, 2.45) is 5.41 Å². The van der Waals surface area contributed by atoms with E-state index in [2.05, 4.69) is 26.6 Å². The number of anilines is 2. The van der Waals surface area contributed by atoms with Crippen LogP contribution < -0.4 is 20.1 Å². The maximum absolute atomic E-state index is 14.1. The molecular formula is C39H46F4N8O4. The number of benzene rings is 2. The van der Waals surface area contributed by atoms with Crippen molar-refractivity contribution >= 4 is 39.3 Å². The Balaban J connectivity index is 1.25. The molecule has 2 aromatic carbocycles. The number of piperidine rings is 2. The Morgan fingerprint density at radius 3 is 2.45 bits per heavy atom. The summed E-state index contributed by atoms with van der Waals surface area (Å²) in [6.07, 6.45) is -0.250. The standard InChI is InChI=1S/C39H46F4N8O4/c1-22-4-7-28-31(34(44)48-47-28)29(22)30-26(24-5-6-24)18-27-32(33(30)54-21-39(41,42)43)45-37(55-25-8-12-49(13-9-25)16-17-53-3)46-35(27)50-14-10-38(11-15-50)19-51(20-38)36(52)23(2)40/h4,7,18,24-25H,2,5-6,8-17,19-21H2,1,3H3,(H3,44,47,48). The lowest BCUT2D eigenvalue weighted by atomic mass is 9.72. The number of rotatable bonds is 11. The van der Waals surface area contributed by atoms with Gasteiger partial charge in [0, 0.05) is 74.9 Å². The fraction of sp³-hybridized carbons (Fsp3) is 0.538. The topological polar surface area (TPSA) is 135 Å². The van der Waals surface area contributed by atoms with Crippen LogP contribution in [0.1, 0.15) is 55.6 Å². The first-order valence-corrected chi connectivity index (χ1v) is 18.9. The molecule has 3 saturated heterocycles. The second-order valence-electron chi connectivity index (χ2n) is 15.6. The fourth-order valence-electron chi connectivity index (χ4n) is 8.56. The summed E-state index contributed by atoms with van der Waals surface area (Å²) in [5, 5.41) is 8.37. The zero-order valence-corrected chi connectivity index (χ0v) is 31.1. The summed E-state index contributed by atoms with van der Waals surface area (Å²) in [6, 6.07) is 5.84. The third-order valence-electron chi connectivity index (χ3n) is 11.7. The highest BCUT2D eigenvalue weighted by Crippen LogP contribution is 2.54. The summed E-state index contributed by atoms with van der Waals surface area (Å²) in [5.74, 6) is -0.779. The number of fused-ring (bicyclic) bond motifs is 2. The lowest BCUT2D eigenvalue weighted by Crippen LogP contribution is -2.62. The molecule has 0 atom stereocenters. The highest BCUT2D eigenvalue weighted by molar-refractivity contribution is 6.09. The molecule has 3 N–H and O–H groups in total. The Morgan fingerprint density at radius 1 is 1.07 bits per heavy atom. The third-order valence-corrected chi connectivity index (χ3v) is 11.7. The van der Waals surface area contributed by atoms with Gasteiger partial charge >= 0.3 is 12.2 Å². The summed E-state index contributed by atoms with van der Waals surface area (Å²) in [6.45, 7) is 8.56. The number of alkyl halides is 3. The Morgan fingerprint density at radius 2 is 1.80 bits per heavy atom. The van der Waals surface area contributed by atoms with Gasteiger partial charge in [0.25, 0.3) is 5.91 Å². The Kier molecular flexibility index (Phi) is 9.76. The van der Waals surface area contributed by atoms with Gasteiger partial charge < -0.3 is 34.6 Å². The first-order chi connectivity index (χ1) is 26.3. The predicted octanol–water partition coefficient (Wildman–Crippen LogP) is 6.28. The molecule has 8 rings (SSSR count). The second-order valence-corrected chi connectivity index (χ2v) is 15.6. The van der Waals surface area contributed by atoms with Crippen LogP contribution in [0.25, 0.3) is 32.9 Å². The normalized spacial score (nSPS) is 19.3. The van der Waals surface area contributed by atoms with Crippen molar-refractivity contribution in [3.05, 3.63) is 41.7 Å². The number of carbonyl (C=O) groups is 1. The lowest BCUT2D eigenvalue weighted by molar-refractivity contribution is -0.153. The quantitative estimate of drug-likeness (QED) is 0.133. The molecule has 55 heavy (non-hydrogen) atoms. The number of hydrogen-bond acceptors (Lipinski definition) is 10. The summed E-state index contributed by atoms with van der Waals surface area (Å²) >= 11 is 0. The van der Waals surface area contributed by atoms with Gasteiger partial charge in [0.2, 0.25) is 0 Å². The Bertz CT molecular complexity index is 2110. The van der Waals surface area contributed by atoms with Gasteiger partial charge in [-0.3, -0.25) is 9.89 Å². The number of likely N-dealkylation sites (tertiary alicyclic amines) is 2. The number of aromatic nitrogens is 4. The van der Waals surface area contributed by atoms with E-state index in [1.165, 1.54) is 4.90 Å². The van der Waals surface area contributed by atoms with Gasteiger partial charge in [-0.25, -0.2) is 4.39 Å². The van der Waals surface area contributed by atoms with E-state index < -0.39 is 24.5 Å². The average molecular weight is 767 g/mol. The molecule has 3 aliphatic heterocycles. The molecular weight excluding hydrogens is 720 g/mol. The number of nitrogens with zero attached hydrogens (tertiary/aromatic N) is 6. The van der Waals surface area contributed by atoms with Crippen LogP contribution in [0.3, 0.4) is 0 Å². The number of amides is 1. The zero-order valence-electron chi connectivity index (χ0n) is 31.1. The number of nitrogen functional groups attached to an aromatic ring is 1. The van der Waals surface area contributed by atoms with Gasteiger partial charge in [-0.05, 0) is 74.6 Å². The van der Waals surface area contributed by atoms with Crippen molar-refractivity contribution < 1.29 is 36.6 Å². The first kappa shape index (κ1) is 37.2. The van der Waals surface area contributed by atoms with Crippen molar-refractivity contribution in [3.63, 3.8) is 0 Å². The third kappa shape index (κ3) is 7.37. The van der Waals surface area contributed by atoms with Crippen LogP contribution in [0.15, 0.2) is 30.6 Å². The number of nitrogens with two attached hydrogens (primary N) is 1. The van der Waals surface area contributed by atoms with Gasteiger partial charge in [0.05, 0.1) is 17.5 Å². The molecule has 12 nitrogen and oxygen atoms in total. The van der Waals surface area contributed by atoms with E-state index in [0.29, 0.717) is 78.9 Å². The molecule has 5 heterocycles. The molecule has 294 valence electrons. The van der Waals surface area contributed by atoms with Crippen LogP contribution in [-0.2, 0) is 9.53 Å². The monoisotopic (exact) mass is 766 g/mol. The van der Waals surface area contributed by atoms with Gasteiger partial charge in [-0.1, -0.05) is 12.6 Å². The maximum Gasteiger partial charge on any atom is 0.422 e. The molecule has 1 amide bonds. The van der Waals surface area contributed by atoms with Crippen LogP contribution in [0.2, 0.25) is 0 Å². The predicted molar refractivity (Wildman–Crippen MR) is 200 cm³/mol. The highest BCUT2D eigenvalue weighted by atomic mass is 19.4. The van der Waals surface area contributed by atoms with Crippen molar-refractivity contribution in [2.45, 2.75) is 63.6 Å². The number of aromatic amines is 1. The van der Waals surface area contributed by atoms with Crippen LogP contribution in [0, 0.1) is 12.3 Å². The molecule has 1 aliphatic carbocycles. The number of nitrogens with one attached hydrogen (secondary N) is 1. The van der Waals surface area contributed by atoms with Crippen molar-refractivity contribution in [1.29, 1.82) is 0 Å². The molecule has 1 saturated carbocycles. The SMILES string of the molecule is C=C(F)C(=O)N1CC2(CCN(c3nc(OC4CCN(CCOC)CC4)nc4c(OCC(F)(F)F)c(-c5c(C)ccc6[nH]nc(N)c56)c(C5CC5)cc34)CC2)C1. The fourth-order valence-corrected chi connectivity index (χ4v) is 8.56. The van der Waals surface area contributed by atoms with E-state index in [4.69, 9.17) is 29.9 Å². The molecule has 0 unspecified atom stereocenters. The van der Waals surface area contributed by atoms with E-state index in [1.54, 1.807) is 7.11 Å². The van der Waals surface area contributed by atoms with E-state index in [-0.39, 0.29) is 40.5 Å². The summed E-state index contributed by atoms with van der Waals surface area (Å²) in [7, 11) is 1.68. The molecule has 4 aromatic rings. The van der Waals surface area contributed by atoms with Gasteiger partial charge in [0.15, 0.2) is 24.0 Å². The van der Waals surface area contributed by atoms with E-state index in [1.807, 2.05) is 25.1 Å². The minimum absolute atomic E-state index is 0.00360. The molecule has 4 fully saturated rings. The average Bonchev–Trinajstić information content (AvgIpc) is 3.93. The van der Waals surface area contributed by atoms with Gasteiger partial charge in [-0.2, -0.15) is 28.2 Å².